The highest BCUT2D eigenvalue weighted by Crippen LogP contribution is 2.28. The quantitative estimate of drug-likeness (QED) is 0.790. The number of hydrogen-bond acceptors (Lipinski definition) is 5. The first kappa shape index (κ1) is 16.2. The maximum atomic E-state index is 12.5. The van der Waals surface area contributed by atoms with Gasteiger partial charge in [-0.2, -0.15) is 4.98 Å². The number of aromatic nitrogens is 4. The van der Waals surface area contributed by atoms with Gasteiger partial charge in [0.2, 0.25) is 5.82 Å². The maximum absolute atomic E-state index is 12.5. The average Bonchev–Trinajstić information content (AvgIpc) is 2.91. The first-order valence-electron chi connectivity index (χ1n) is 7.34. The summed E-state index contributed by atoms with van der Waals surface area (Å²) in [4.78, 5) is 22.9. The summed E-state index contributed by atoms with van der Waals surface area (Å²) >= 11 is 6.04. The van der Waals surface area contributed by atoms with E-state index in [1.54, 1.807) is 16.6 Å². The van der Waals surface area contributed by atoms with Crippen LogP contribution in [0, 0.1) is 13.8 Å². The number of fused-ring (bicyclic) bond motifs is 1. The molecule has 24 heavy (non-hydrogen) atoms. The number of carbonyl (C=O) groups excluding carboxylic acids is 1. The van der Waals surface area contributed by atoms with E-state index in [-0.39, 0.29) is 5.82 Å². The standard InChI is InChI=1S/C16H17ClN6O/c1-9-7-10(2)23-16(18-9)20-14(21-23)15(24)19-12-8-11(17)5-6-13(12)22(3)4/h5-8H,1-4H3,(H,19,24). The minimum Gasteiger partial charge on any atom is -0.376 e. The molecule has 3 aromatic rings. The van der Waals surface area contributed by atoms with Crippen LogP contribution in [0.25, 0.3) is 5.78 Å². The lowest BCUT2D eigenvalue weighted by Gasteiger charge is -2.17. The van der Waals surface area contributed by atoms with Gasteiger partial charge in [-0.25, -0.2) is 9.50 Å². The van der Waals surface area contributed by atoms with E-state index in [2.05, 4.69) is 20.4 Å². The van der Waals surface area contributed by atoms with Crippen LogP contribution < -0.4 is 10.2 Å². The van der Waals surface area contributed by atoms with Crippen LogP contribution in [0.5, 0.6) is 0 Å². The van der Waals surface area contributed by atoms with Crippen molar-refractivity contribution >= 4 is 34.7 Å². The molecule has 3 rings (SSSR count). The van der Waals surface area contributed by atoms with Crippen LogP contribution in [0.1, 0.15) is 22.0 Å². The molecular formula is C16H17ClN6O. The Morgan fingerprint density at radius 1 is 1.21 bits per heavy atom. The summed E-state index contributed by atoms with van der Waals surface area (Å²) in [5.41, 5.74) is 3.11. The predicted molar refractivity (Wildman–Crippen MR) is 94.0 cm³/mol. The van der Waals surface area contributed by atoms with Crippen LogP contribution in [0.3, 0.4) is 0 Å². The molecule has 1 N–H and O–H groups in total. The Morgan fingerprint density at radius 2 is 1.96 bits per heavy atom. The van der Waals surface area contributed by atoms with Crippen molar-refractivity contribution in [2.45, 2.75) is 13.8 Å². The van der Waals surface area contributed by atoms with E-state index < -0.39 is 5.91 Å². The van der Waals surface area contributed by atoms with Crippen molar-refractivity contribution in [2.75, 3.05) is 24.3 Å². The summed E-state index contributed by atoms with van der Waals surface area (Å²) < 4.78 is 1.55. The molecule has 7 nitrogen and oxygen atoms in total. The van der Waals surface area contributed by atoms with Gasteiger partial charge in [0.15, 0.2) is 0 Å². The van der Waals surface area contributed by atoms with Crippen molar-refractivity contribution in [1.29, 1.82) is 0 Å². The average molecular weight is 345 g/mol. The number of benzene rings is 1. The smallest absolute Gasteiger partial charge is 0.295 e. The third-order valence-corrected chi connectivity index (χ3v) is 3.75. The molecule has 1 amide bonds. The molecule has 0 aliphatic rings. The Balaban J connectivity index is 1.96. The van der Waals surface area contributed by atoms with Crippen LogP contribution in [-0.4, -0.2) is 39.6 Å². The number of amides is 1. The van der Waals surface area contributed by atoms with Gasteiger partial charge in [0.25, 0.3) is 11.7 Å². The fourth-order valence-corrected chi connectivity index (χ4v) is 2.61. The van der Waals surface area contributed by atoms with Crippen molar-refractivity contribution in [3.63, 3.8) is 0 Å². The lowest BCUT2D eigenvalue weighted by atomic mass is 10.2. The molecule has 1 aromatic carbocycles. The first-order valence-corrected chi connectivity index (χ1v) is 7.72. The van der Waals surface area contributed by atoms with Crippen LogP contribution >= 0.6 is 11.6 Å². The number of anilines is 2. The van der Waals surface area contributed by atoms with Gasteiger partial charge in [-0.1, -0.05) is 11.6 Å². The Bertz CT molecular complexity index is 934. The molecule has 2 heterocycles. The number of halogens is 1. The van der Waals surface area contributed by atoms with Crippen molar-refractivity contribution < 1.29 is 4.79 Å². The summed E-state index contributed by atoms with van der Waals surface area (Å²) in [6.45, 7) is 3.76. The highest BCUT2D eigenvalue weighted by atomic mass is 35.5. The molecule has 2 aromatic heterocycles. The normalized spacial score (nSPS) is 10.9. The van der Waals surface area contributed by atoms with Gasteiger partial charge in [0.1, 0.15) is 0 Å². The third kappa shape index (κ3) is 3.03. The van der Waals surface area contributed by atoms with E-state index in [9.17, 15) is 4.79 Å². The number of nitrogens with one attached hydrogen (secondary N) is 1. The molecule has 124 valence electrons. The second-order valence-corrected chi connectivity index (χ2v) is 6.13. The topological polar surface area (TPSA) is 75.4 Å². The lowest BCUT2D eigenvalue weighted by Crippen LogP contribution is -2.18. The molecule has 0 atom stereocenters. The summed E-state index contributed by atoms with van der Waals surface area (Å²) in [5, 5.41) is 7.58. The molecule has 0 fully saturated rings. The zero-order valence-electron chi connectivity index (χ0n) is 13.8. The van der Waals surface area contributed by atoms with Crippen LogP contribution in [0.15, 0.2) is 24.3 Å². The van der Waals surface area contributed by atoms with Crippen LogP contribution in [0.4, 0.5) is 11.4 Å². The number of carbonyl (C=O) groups is 1. The van der Waals surface area contributed by atoms with E-state index >= 15 is 0 Å². The van der Waals surface area contributed by atoms with Gasteiger partial charge in [0.05, 0.1) is 11.4 Å². The number of hydrogen-bond donors (Lipinski definition) is 1. The Labute approximate surface area is 144 Å². The summed E-state index contributed by atoms with van der Waals surface area (Å²) in [6, 6.07) is 7.18. The van der Waals surface area contributed by atoms with E-state index in [1.807, 2.05) is 45.0 Å². The second kappa shape index (κ2) is 6.09. The largest absolute Gasteiger partial charge is 0.376 e. The Hall–Kier alpha value is -2.67. The minimum absolute atomic E-state index is 0.0564. The van der Waals surface area contributed by atoms with Gasteiger partial charge >= 0.3 is 0 Å². The number of aryl methyl sites for hydroxylation is 2. The zero-order valence-corrected chi connectivity index (χ0v) is 14.6. The Morgan fingerprint density at radius 3 is 2.67 bits per heavy atom. The van der Waals surface area contributed by atoms with E-state index in [0.29, 0.717) is 16.5 Å². The van der Waals surface area contributed by atoms with Crippen molar-refractivity contribution in [3.8, 4) is 0 Å². The molecule has 0 radical (unpaired) electrons. The second-order valence-electron chi connectivity index (χ2n) is 5.70. The molecule has 8 heteroatoms. The molecule has 0 saturated carbocycles. The van der Waals surface area contributed by atoms with Gasteiger partial charge in [-0.15, -0.1) is 5.10 Å². The molecule has 0 unspecified atom stereocenters. The Kier molecular flexibility index (Phi) is 4.11. The maximum Gasteiger partial charge on any atom is 0.295 e. The predicted octanol–water partition coefficient (Wildman–Crippen LogP) is 2.71. The molecule has 0 saturated heterocycles. The lowest BCUT2D eigenvalue weighted by molar-refractivity contribution is 0.101. The van der Waals surface area contributed by atoms with Gasteiger partial charge in [-0.05, 0) is 38.1 Å². The minimum atomic E-state index is -0.414. The van der Waals surface area contributed by atoms with Crippen LogP contribution in [-0.2, 0) is 0 Å². The molecule has 0 aliphatic carbocycles. The first-order chi connectivity index (χ1) is 11.3. The third-order valence-electron chi connectivity index (χ3n) is 3.51. The zero-order chi connectivity index (χ0) is 17.4. The summed E-state index contributed by atoms with van der Waals surface area (Å²) in [6.07, 6.45) is 0. The highest BCUT2D eigenvalue weighted by Gasteiger charge is 2.17. The summed E-state index contributed by atoms with van der Waals surface area (Å²) in [7, 11) is 3.77. The van der Waals surface area contributed by atoms with E-state index in [0.717, 1.165) is 17.1 Å². The molecular weight excluding hydrogens is 328 g/mol. The van der Waals surface area contributed by atoms with Crippen molar-refractivity contribution in [3.05, 3.63) is 46.5 Å². The van der Waals surface area contributed by atoms with Crippen LogP contribution in [0.2, 0.25) is 5.02 Å². The fourth-order valence-electron chi connectivity index (χ4n) is 2.44. The number of nitrogens with zero attached hydrogens (tertiary/aromatic N) is 5. The van der Waals surface area contributed by atoms with E-state index in [4.69, 9.17) is 11.6 Å². The monoisotopic (exact) mass is 344 g/mol. The molecule has 0 aliphatic heterocycles. The highest BCUT2D eigenvalue weighted by molar-refractivity contribution is 6.31. The van der Waals surface area contributed by atoms with Crippen molar-refractivity contribution in [1.82, 2.24) is 19.6 Å². The van der Waals surface area contributed by atoms with Gasteiger partial charge in [0, 0.05) is 30.5 Å². The van der Waals surface area contributed by atoms with Gasteiger partial charge < -0.3 is 10.2 Å². The molecule has 0 spiro atoms. The van der Waals surface area contributed by atoms with E-state index in [1.165, 1.54) is 0 Å². The van der Waals surface area contributed by atoms with Gasteiger partial charge in [-0.3, -0.25) is 4.79 Å². The fraction of sp³-hybridized carbons (Fsp3) is 0.250. The summed E-state index contributed by atoms with van der Waals surface area (Å²) in [5.74, 6) is 0.0420. The molecule has 0 bridgehead atoms. The SMILES string of the molecule is Cc1cc(C)n2nc(C(=O)Nc3cc(Cl)ccc3N(C)C)nc2n1. The number of rotatable bonds is 3. The van der Waals surface area contributed by atoms with Crippen molar-refractivity contribution in [2.24, 2.45) is 0 Å².